The summed E-state index contributed by atoms with van der Waals surface area (Å²) in [7, 11) is 1.68. The summed E-state index contributed by atoms with van der Waals surface area (Å²) in [6.45, 7) is 2.07. The predicted molar refractivity (Wildman–Crippen MR) is 66.6 cm³/mol. The standard InChI is InChI=1S/C12H14N2OS/c1-9-8-10(15-2)4-5-11(9)14-7-6-13-12(14)16-3/h4-8H,1-3H3. The van der Waals surface area contributed by atoms with Crippen LogP contribution in [0, 0.1) is 6.92 Å². The number of aryl methyl sites for hydroxylation is 1. The van der Waals surface area contributed by atoms with Crippen molar-refractivity contribution >= 4 is 11.8 Å². The largest absolute Gasteiger partial charge is 0.497 e. The summed E-state index contributed by atoms with van der Waals surface area (Å²) in [6, 6.07) is 6.04. The lowest BCUT2D eigenvalue weighted by atomic mass is 10.2. The molecule has 0 fully saturated rings. The number of imidazole rings is 1. The van der Waals surface area contributed by atoms with Crippen LogP contribution in [0.4, 0.5) is 0 Å². The molecule has 0 aliphatic rings. The van der Waals surface area contributed by atoms with Crippen molar-refractivity contribution in [3.05, 3.63) is 36.2 Å². The zero-order chi connectivity index (χ0) is 11.5. The Hall–Kier alpha value is -1.42. The van der Waals surface area contributed by atoms with Gasteiger partial charge >= 0.3 is 0 Å². The molecule has 0 spiro atoms. The van der Waals surface area contributed by atoms with Crippen LogP contribution in [-0.2, 0) is 0 Å². The van der Waals surface area contributed by atoms with E-state index in [9.17, 15) is 0 Å². The van der Waals surface area contributed by atoms with Gasteiger partial charge in [-0.1, -0.05) is 11.8 Å². The summed E-state index contributed by atoms with van der Waals surface area (Å²) < 4.78 is 7.28. The van der Waals surface area contributed by atoms with Gasteiger partial charge in [-0.05, 0) is 36.9 Å². The monoisotopic (exact) mass is 234 g/mol. The Balaban J connectivity index is 2.48. The highest BCUT2D eigenvalue weighted by Gasteiger charge is 2.06. The number of methoxy groups -OCH3 is 1. The molecule has 3 nitrogen and oxygen atoms in total. The number of thioether (sulfide) groups is 1. The Morgan fingerprint density at radius 1 is 1.38 bits per heavy atom. The number of aromatic nitrogens is 2. The van der Waals surface area contributed by atoms with Crippen molar-refractivity contribution in [3.8, 4) is 11.4 Å². The Kier molecular flexibility index (Phi) is 3.19. The van der Waals surface area contributed by atoms with E-state index in [0.29, 0.717) is 0 Å². The third kappa shape index (κ3) is 1.93. The van der Waals surface area contributed by atoms with Gasteiger partial charge in [0.2, 0.25) is 0 Å². The Bertz CT molecular complexity index is 494. The van der Waals surface area contributed by atoms with E-state index in [-0.39, 0.29) is 0 Å². The summed E-state index contributed by atoms with van der Waals surface area (Å²) in [4.78, 5) is 4.29. The molecular weight excluding hydrogens is 220 g/mol. The van der Waals surface area contributed by atoms with Crippen molar-refractivity contribution in [3.63, 3.8) is 0 Å². The molecule has 0 saturated carbocycles. The molecule has 0 N–H and O–H groups in total. The lowest BCUT2D eigenvalue weighted by molar-refractivity contribution is 0.414. The Morgan fingerprint density at radius 2 is 2.19 bits per heavy atom. The van der Waals surface area contributed by atoms with Crippen LogP contribution in [0.15, 0.2) is 35.7 Å². The van der Waals surface area contributed by atoms with Crippen molar-refractivity contribution in [2.45, 2.75) is 12.1 Å². The molecule has 2 rings (SSSR count). The van der Waals surface area contributed by atoms with Crippen molar-refractivity contribution in [2.24, 2.45) is 0 Å². The van der Waals surface area contributed by atoms with Gasteiger partial charge in [0.15, 0.2) is 5.16 Å². The second-order valence-corrected chi connectivity index (χ2v) is 4.21. The van der Waals surface area contributed by atoms with E-state index in [0.717, 1.165) is 16.6 Å². The Morgan fingerprint density at radius 3 is 2.81 bits per heavy atom. The molecule has 2 aromatic rings. The lowest BCUT2D eigenvalue weighted by Gasteiger charge is -2.10. The first kappa shape index (κ1) is 11.1. The van der Waals surface area contributed by atoms with Crippen LogP contribution in [0.3, 0.4) is 0 Å². The number of nitrogens with zero attached hydrogens (tertiary/aromatic N) is 2. The zero-order valence-electron chi connectivity index (χ0n) is 9.60. The van der Waals surface area contributed by atoms with Gasteiger partial charge < -0.3 is 4.74 Å². The van der Waals surface area contributed by atoms with Gasteiger partial charge in [-0.3, -0.25) is 4.57 Å². The minimum absolute atomic E-state index is 0.882. The highest BCUT2D eigenvalue weighted by Crippen LogP contribution is 2.24. The number of rotatable bonds is 3. The molecular formula is C12H14N2OS. The molecule has 0 unspecified atom stereocenters. The third-order valence-corrected chi connectivity index (χ3v) is 3.12. The fourth-order valence-electron chi connectivity index (χ4n) is 1.65. The Labute approximate surface area is 99.5 Å². The van der Waals surface area contributed by atoms with E-state index < -0.39 is 0 Å². The summed E-state index contributed by atoms with van der Waals surface area (Å²) in [6.07, 6.45) is 5.81. The molecule has 1 heterocycles. The molecule has 0 bridgehead atoms. The van der Waals surface area contributed by atoms with Crippen LogP contribution >= 0.6 is 11.8 Å². The average Bonchev–Trinajstić information content (AvgIpc) is 2.76. The smallest absolute Gasteiger partial charge is 0.172 e. The fraction of sp³-hybridized carbons (Fsp3) is 0.250. The SMILES string of the molecule is COc1ccc(-n2ccnc2SC)c(C)c1. The number of ether oxygens (including phenoxy) is 1. The van der Waals surface area contributed by atoms with Crippen molar-refractivity contribution in [1.29, 1.82) is 0 Å². The zero-order valence-corrected chi connectivity index (χ0v) is 10.4. The van der Waals surface area contributed by atoms with Gasteiger partial charge in [0.05, 0.1) is 12.8 Å². The number of benzene rings is 1. The summed E-state index contributed by atoms with van der Waals surface area (Å²) in [5.41, 5.74) is 2.32. The first-order valence-corrected chi connectivity index (χ1v) is 6.21. The van der Waals surface area contributed by atoms with Crippen LogP contribution in [-0.4, -0.2) is 22.9 Å². The summed E-state index contributed by atoms with van der Waals surface area (Å²) >= 11 is 1.64. The van der Waals surface area contributed by atoms with E-state index >= 15 is 0 Å². The molecule has 16 heavy (non-hydrogen) atoms. The van der Waals surface area contributed by atoms with Crippen molar-refractivity contribution < 1.29 is 4.74 Å². The summed E-state index contributed by atoms with van der Waals surface area (Å²) in [5, 5.41) is 0.994. The third-order valence-electron chi connectivity index (χ3n) is 2.45. The molecule has 84 valence electrons. The maximum Gasteiger partial charge on any atom is 0.172 e. The van der Waals surface area contributed by atoms with Crippen LogP contribution in [0.25, 0.3) is 5.69 Å². The molecule has 0 aliphatic heterocycles. The summed E-state index contributed by atoms with van der Waals surface area (Å²) in [5.74, 6) is 0.882. The van der Waals surface area contributed by atoms with Gasteiger partial charge in [-0.15, -0.1) is 0 Å². The van der Waals surface area contributed by atoms with E-state index in [2.05, 4.69) is 22.5 Å². The van der Waals surface area contributed by atoms with Gasteiger partial charge in [0.1, 0.15) is 5.75 Å². The second-order valence-electron chi connectivity index (χ2n) is 3.44. The van der Waals surface area contributed by atoms with Gasteiger partial charge in [-0.25, -0.2) is 4.98 Å². The van der Waals surface area contributed by atoms with Gasteiger partial charge in [0.25, 0.3) is 0 Å². The van der Waals surface area contributed by atoms with Gasteiger partial charge in [-0.2, -0.15) is 0 Å². The predicted octanol–water partition coefficient (Wildman–Crippen LogP) is 2.91. The van der Waals surface area contributed by atoms with Crippen LogP contribution in [0.1, 0.15) is 5.56 Å². The number of hydrogen-bond donors (Lipinski definition) is 0. The fourth-order valence-corrected chi connectivity index (χ4v) is 2.17. The van der Waals surface area contributed by atoms with Crippen molar-refractivity contribution in [2.75, 3.05) is 13.4 Å². The van der Waals surface area contributed by atoms with Crippen LogP contribution < -0.4 is 4.74 Å². The molecule has 0 amide bonds. The first-order chi connectivity index (χ1) is 7.76. The first-order valence-electron chi connectivity index (χ1n) is 4.98. The minimum Gasteiger partial charge on any atom is -0.497 e. The highest BCUT2D eigenvalue weighted by atomic mass is 32.2. The number of hydrogen-bond acceptors (Lipinski definition) is 3. The average molecular weight is 234 g/mol. The topological polar surface area (TPSA) is 27.1 Å². The molecule has 0 aliphatic carbocycles. The molecule has 0 atom stereocenters. The quantitative estimate of drug-likeness (QED) is 0.764. The molecule has 1 aromatic carbocycles. The normalized spacial score (nSPS) is 10.4. The minimum atomic E-state index is 0.882. The van der Waals surface area contributed by atoms with Gasteiger partial charge in [0, 0.05) is 12.4 Å². The maximum atomic E-state index is 5.19. The van der Waals surface area contributed by atoms with E-state index in [1.807, 2.05) is 30.8 Å². The lowest BCUT2D eigenvalue weighted by Crippen LogP contribution is -1.97. The molecule has 4 heteroatoms. The molecule has 1 aromatic heterocycles. The molecule has 0 saturated heterocycles. The molecule has 0 radical (unpaired) electrons. The van der Waals surface area contributed by atoms with E-state index in [1.165, 1.54) is 5.56 Å². The van der Waals surface area contributed by atoms with E-state index in [1.54, 1.807) is 18.9 Å². The van der Waals surface area contributed by atoms with Crippen molar-refractivity contribution in [1.82, 2.24) is 9.55 Å². The highest BCUT2D eigenvalue weighted by molar-refractivity contribution is 7.98. The van der Waals surface area contributed by atoms with Crippen LogP contribution in [0.5, 0.6) is 5.75 Å². The van der Waals surface area contributed by atoms with E-state index in [4.69, 9.17) is 4.74 Å². The van der Waals surface area contributed by atoms with Crippen LogP contribution in [0.2, 0.25) is 0 Å². The second kappa shape index (κ2) is 4.61. The maximum absolute atomic E-state index is 5.19.